The number of hydrogen-bond donors (Lipinski definition) is 3. The van der Waals surface area contributed by atoms with Crippen molar-refractivity contribution in [2.75, 3.05) is 101 Å². The number of carbonyl (C=O) groups excluding carboxylic acids is 12. The number of hydrogen-bond acceptors (Lipinski definition) is 14. The molecule has 4 saturated carbocycles. The number of halogens is 8. The van der Waals surface area contributed by atoms with E-state index in [1.807, 2.05) is 0 Å². The van der Waals surface area contributed by atoms with Crippen molar-refractivity contribution in [3.8, 4) is 0 Å². The lowest BCUT2D eigenvalue weighted by atomic mass is 9.76. The second kappa shape index (κ2) is 38.2. The summed E-state index contributed by atoms with van der Waals surface area (Å²) < 4.78 is 127. The number of rotatable bonds is 12. The lowest BCUT2D eigenvalue weighted by Gasteiger charge is -2.42. The molecule has 1 spiro atoms. The second-order valence-corrected chi connectivity index (χ2v) is 32.6. The van der Waals surface area contributed by atoms with Crippen molar-refractivity contribution >= 4 is 70.9 Å². The Balaban J connectivity index is 1.21. The number of alkyl halides is 8. The Hall–Kier alpha value is -7.00. The quantitative estimate of drug-likeness (QED) is 0.190. The van der Waals surface area contributed by atoms with Gasteiger partial charge in [0.05, 0.1) is 44.7 Å². The largest absolute Gasteiger partial charge is 0.397 e. The van der Waals surface area contributed by atoms with E-state index in [4.69, 9.17) is 9.47 Å². The molecule has 622 valence electrons. The van der Waals surface area contributed by atoms with E-state index < -0.39 is 230 Å². The average Bonchev–Trinajstić information content (AvgIpc) is 1.58. The van der Waals surface area contributed by atoms with E-state index in [0.29, 0.717) is 51.4 Å². The highest BCUT2D eigenvalue weighted by molar-refractivity contribution is 6.01. The fourth-order valence-electron chi connectivity index (χ4n) is 18.2. The van der Waals surface area contributed by atoms with Gasteiger partial charge in [0.15, 0.2) is 0 Å². The van der Waals surface area contributed by atoms with E-state index in [-0.39, 0.29) is 123 Å². The van der Waals surface area contributed by atoms with Gasteiger partial charge in [0.2, 0.25) is 70.9 Å². The SMILES string of the molecule is CCO[C@@H]1C[C@H]2C(=O)NC3(CCCC3)C(=O)N(C)[C@@H](C3CCCC3)C(=O)N(C)[C@H](C(=O)N3CCOCC3)CC(=O)N(C)[C@@H](CC)C(=O)N[C@@H]([C@@H](C)CC)C(=O)N(C)CC(=O)N(C)[C@H]3CC[C@@H](C)CN(C3=O)[C@@H](CC3CCC(C(F)(F)F)CC3)C(=O)N(C)CC(=O)N[C@@H](CCC3CC(F)C(C(F)(F)F)C(F)C3)C(=O)N2C1. The molecule has 34 heteroatoms. The standard InChI is InChI=1S/C76H118F8N12O14/c1-12-45(5)63-71(106)89(7)43-61(99)91(9)55-28-21-44(4)40-95(70(55)105)58(37-46-22-25-49(26-23-46)75(79,80)81)68(103)88(6)42-59(97)85-53(27-24-47-35-51(77)62(52(78)36-47)76(82,83)84)67(102)96-41-50(110-14-3)38-56(96)66(101)87-74(29-17-18-30-74)73(108)93(11)64(48-19-15-16-20-48)72(107)92(10)57(69(104)94-31-33-109-34-32-94)39-60(98)90(8)54(13-2)65(100)86-63/h44-58,62-64H,12-43H2,1-11H3,(H,85,97)(H,86,100)(H,87,101)/t44-,45+,46?,47?,49?,50-,51?,52?,53+,54+,55+,56+,57+,58+,62?,63+,64+/m1/s1. The van der Waals surface area contributed by atoms with Gasteiger partial charge in [-0.2, -0.15) is 26.3 Å². The molecule has 3 N–H and O–H groups in total. The van der Waals surface area contributed by atoms with Gasteiger partial charge in [0.25, 0.3) is 0 Å². The predicted molar refractivity (Wildman–Crippen MR) is 385 cm³/mol. The number of morpholine rings is 1. The number of fused-ring (bicyclic) bond motifs is 3. The first-order chi connectivity index (χ1) is 51.8. The van der Waals surface area contributed by atoms with E-state index in [1.54, 1.807) is 34.6 Å². The van der Waals surface area contributed by atoms with Crippen LogP contribution in [0.1, 0.15) is 182 Å². The van der Waals surface area contributed by atoms with Crippen LogP contribution >= 0.6 is 0 Å². The summed E-state index contributed by atoms with van der Waals surface area (Å²) in [7, 11) is 8.07. The highest BCUT2D eigenvalue weighted by Gasteiger charge is 2.56. The summed E-state index contributed by atoms with van der Waals surface area (Å²) in [6.45, 7) is 7.30. The molecule has 0 aromatic rings. The predicted octanol–water partition coefficient (Wildman–Crippen LogP) is 5.96. The van der Waals surface area contributed by atoms with Crippen molar-refractivity contribution < 1.29 is 102 Å². The van der Waals surface area contributed by atoms with E-state index in [1.165, 1.54) is 57.0 Å². The zero-order valence-electron chi connectivity index (χ0n) is 65.8. The van der Waals surface area contributed by atoms with Crippen molar-refractivity contribution in [3.05, 3.63) is 0 Å². The Morgan fingerprint density at radius 1 is 0.609 bits per heavy atom. The van der Waals surface area contributed by atoms with Crippen molar-refractivity contribution in [1.82, 2.24) is 60.0 Å². The van der Waals surface area contributed by atoms with Gasteiger partial charge in [-0.15, -0.1) is 0 Å². The van der Waals surface area contributed by atoms with Gasteiger partial charge in [-0.3, -0.25) is 57.5 Å². The normalized spacial score (nSPS) is 33.0. The van der Waals surface area contributed by atoms with Crippen LogP contribution in [0.15, 0.2) is 0 Å². The molecule has 0 aromatic carbocycles. The molecular formula is C76H118F8N12O14. The third-order valence-electron chi connectivity index (χ3n) is 25.1. The summed E-state index contributed by atoms with van der Waals surface area (Å²) in [4.78, 5) is 193. The highest BCUT2D eigenvalue weighted by atomic mass is 19.4. The number of nitrogens with zero attached hydrogens (tertiary/aromatic N) is 9. The zero-order chi connectivity index (χ0) is 81.2. The minimum absolute atomic E-state index is 0.00268. The lowest BCUT2D eigenvalue weighted by molar-refractivity contribution is -0.219. The van der Waals surface area contributed by atoms with Crippen LogP contribution in [-0.2, 0) is 67.0 Å². The third-order valence-corrected chi connectivity index (χ3v) is 25.1. The van der Waals surface area contributed by atoms with Crippen LogP contribution in [0.3, 0.4) is 0 Å². The molecule has 13 atom stereocenters. The average molecular weight is 1580 g/mol. The van der Waals surface area contributed by atoms with Crippen LogP contribution in [0, 0.1) is 41.4 Å². The topological polar surface area (TPSA) is 289 Å². The molecule has 110 heavy (non-hydrogen) atoms. The van der Waals surface area contributed by atoms with Gasteiger partial charge in [0, 0.05) is 81.5 Å². The van der Waals surface area contributed by atoms with Gasteiger partial charge in [0.1, 0.15) is 72.1 Å². The molecule has 26 nitrogen and oxygen atoms in total. The Morgan fingerprint density at radius 2 is 1.23 bits per heavy atom. The summed E-state index contributed by atoms with van der Waals surface area (Å²) >= 11 is 0. The van der Waals surface area contributed by atoms with Gasteiger partial charge in [-0.05, 0) is 139 Å². The smallest absolute Gasteiger partial charge is 0.378 e. The van der Waals surface area contributed by atoms with Crippen LogP contribution in [0.5, 0.6) is 0 Å². The molecular weight excluding hydrogens is 1460 g/mol. The molecule has 0 aromatic heterocycles. The molecule has 2 unspecified atom stereocenters. The molecule has 8 aliphatic rings. The Morgan fingerprint density at radius 3 is 1.81 bits per heavy atom. The van der Waals surface area contributed by atoms with Crippen LogP contribution in [0.2, 0.25) is 0 Å². The van der Waals surface area contributed by atoms with Crippen LogP contribution in [-0.4, -0.2) is 301 Å². The number of likely N-dealkylation sites (N-methyl/N-ethyl adjacent to an activating group) is 6. The molecule has 8 rings (SSSR count). The number of nitrogens with one attached hydrogen (secondary N) is 3. The van der Waals surface area contributed by atoms with Crippen LogP contribution in [0.25, 0.3) is 0 Å². The molecule has 0 radical (unpaired) electrons. The molecule has 12 amide bonds. The van der Waals surface area contributed by atoms with Gasteiger partial charge in [-0.25, -0.2) is 8.78 Å². The first-order valence-electron chi connectivity index (χ1n) is 39.7. The first kappa shape index (κ1) is 88.6. The lowest BCUT2D eigenvalue weighted by Crippen LogP contribution is -2.65. The maximum Gasteiger partial charge on any atom is 0.397 e. The summed E-state index contributed by atoms with van der Waals surface area (Å²) in [5.74, 6) is -17.0. The minimum Gasteiger partial charge on any atom is -0.378 e. The number of ether oxygens (including phenoxy) is 2. The Kier molecular flexibility index (Phi) is 30.8. The van der Waals surface area contributed by atoms with Crippen LogP contribution in [0.4, 0.5) is 35.1 Å². The fourth-order valence-corrected chi connectivity index (χ4v) is 18.2. The molecule has 4 aliphatic carbocycles. The monoisotopic (exact) mass is 1570 g/mol. The third kappa shape index (κ3) is 21.1. The molecule has 2 bridgehead atoms. The summed E-state index contributed by atoms with van der Waals surface area (Å²) in [5, 5.41) is 8.48. The van der Waals surface area contributed by atoms with Gasteiger partial charge < -0.3 is 69.5 Å². The molecule has 4 heterocycles. The van der Waals surface area contributed by atoms with Gasteiger partial charge >= 0.3 is 12.4 Å². The second-order valence-electron chi connectivity index (χ2n) is 32.6. The van der Waals surface area contributed by atoms with Crippen molar-refractivity contribution in [2.24, 2.45) is 41.4 Å². The van der Waals surface area contributed by atoms with Crippen molar-refractivity contribution in [2.45, 2.75) is 267 Å². The summed E-state index contributed by atoms with van der Waals surface area (Å²) in [6, 6.07) is -11.3. The summed E-state index contributed by atoms with van der Waals surface area (Å²) in [5.41, 5.74) is -1.72. The van der Waals surface area contributed by atoms with E-state index in [2.05, 4.69) is 16.0 Å². The molecule has 4 saturated heterocycles. The highest BCUT2D eigenvalue weighted by Crippen LogP contribution is 2.46. The summed E-state index contributed by atoms with van der Waals surface area (Å²) in [6.07, 6.45) is -15.9. The maximum atomic E-state index is 15.8. The van der Waals surface area contributed by atoms with E-state index in [9.17, 15) is 50.3 Å². The molecule has 8 fully saturated rings. The first-order valence-corrected chi connectivity index (χ1v) is 39.7. The van der Waals surface area contributed by atoms with Crippen molar-refractivity contribution in [1.29, 1.82) is 0 Å². The Bertz CT molecular complexity index is 3250. The fraction of sp³-hybridized carbons (Fsp3) is 0.842. The zero-order valence-corrected chi connectivity index (χ0v) is 65.8. The number of amides is 12. The Labute approximate surface area is 640 Å². The van der Waals surface area contributed by atoms with E-state index in [0.717, 1.165) is 29.4 Å². The van der Waals surface area contributed by atoms with Crippen LogP contribution < -0.4 is 16.0 Å². The minimum atomic E-state index is -5.22. The molecule has 4 aliphatic heterocycles. The van der Waals surface area contributed by atoms with Gasteiger partial charge in [-0.1, -0.05) is 59.8 Å². The number of carbonyl (C=O) groups is 12. The maximum absolute atomic E-state index is 15.8. The van der Waals surface area contributed by atoms with E-state index >= 15 is 42.3 Å². The van der Waals surface area contributed by atoms with Crippen molar-refractivity contribution in [3.63, 3.8) is 0 Å².